The molecule has 1 aromatic heterocycles. The van der Waals surface area contributed by atoms with Crippen LogP contribution in [0.25, 0.3) is 0 Å². The molecule has 0 spiro atoms. The lowest BCUT2D eigenvalue weighted by Crippen LogP contribution is -2.38. The zero-order valence-electron chi connectivity index (χ0n) is 29.6. The minimum atomic E-state index is 0.128. The van der Waals surface area contributed by atoms with Crippen molar-refractivity contribution in [2.45, 2.75) is 137 Å². The molecule has 0 atom stereocenters. The third kappa shape index (κ3) is 16.4. The molecule has 1 aliphatic rings. The molecule has 7 heteroatoms. The molecular formula is C37H63N3O4. The normalized spacial score (nSPS) is 13.3. The Hall–Kier alpha value is -2.64. The van der Waals surface area contributed by atoms with Gasteiger partial charge in [-0.25, -0.2) is 0 Å². The maximum absolute atomic E-state index is 12.0. The van der Waals surface area contributed by atoms with Gasteiger partial charge in [-0.2, -0.15) is 0 Å². The molecule has 0 bridgehead atoms. The Morgan fingerprint density at radius 2 is 1.34 bits per heavy atom. The Kier molecular flexibility index (Phi) is 19.7. The van der Waals surface area contributed by atoms with E-state index in [1.165, 1.54) is 43.4 Å². The molecule has 1 heterocycles. The van der Waals surface area contributed by atoms with Gasteiger partial charge in [0.25, 0.3) is 0 Å². The highest BCUT2D eigenvalue weighted by molar-refractivity contribution is 5.92. The Morgan fingerprint density at radius 3 is 1.77 bits per heavy atom. The number of carbonyl (C=O) groups excluding carboxylic acids is 2. The van der Waals surface area contributed by atoms with E-state index in [9.17, 15) is 9.59 Å². The fraction of sp³-hybridized carbons (Fsp3) is 0.676. The van der Waals surface area contributed by atoms with Crippen LogP contribution in [0.15, 0.2) is 42.6 Å². The quantitative estimate of drug-likeness (QED) is 0.213. The largest absolute Gasteiger partial charge is 0.379 e. The predicted octanol–water partition coefficient (Wildman–Crippen LogP) is 8.52. The fourth-order valence-electron chi connectivity index (χ4n) is 5.22. The van der Waals surface area contributed by atoms with Crippen LogP contribution in [0.4, 0.5) is 5.69 Å². The molecule has 0 saturated heterocycles. The van der Waals surface area contributed by atoms with Crippen LogP contribution < -0.4 is 4.90 Å². The number of rotatable bonds is 13. The number of amides is 2. The van der Waals surface area contributed by atoms with Gasteiger partial charge in [0.2, 0.25) is 11.8 Å². The molecule has 2 aromatic rings. The number of ether oxygens (including phenoxy) is 2. The summed E-state index contributed by atoms with van der Waals surface area (Å²) in [6, 6.07) is 13.0. The minimum absolute atomic E-state index is 0.128. The molecule has 0 aliphatic heterocycles. The van der Waals surface area contributed by atoms with Crippen LogP contribution in [0.1, 0.15) is 117 Å². The maximum atomic E-state index is 12.0. The smallest absolute Gasteiger partial charge is 0.226 e. The third-order valence-corrected chi connectivity index (χ3v) is 7.75. The van der Waals surface area contributed by atoms with Gasteiger partial charge in [-0.15, -0.1) is 0 Å². The first-order valence-electron chi connectivity index (χ1n) is 16.8. The Bertz CT molecular complexity index is 1040. The summed E-state index contributed by atoms with van der Waals surface area (Å²) in [6.45, 7) is 18.1. The van der Waals surface area contributed by atoms with Gasteiger partial charge in [0.15, 0.2) is 0 Å². The van der Waals surface area contributed by atoms with Crippen molar-refractivity contribution < 1.29 is 19.1 Å². The topological polar surface area (TPSA) is 64.0 Å². The van der Waals surface area contributed by atoms with E-state index >= 15 is 0 Å². The van der Waals surface area contributed by atoms with Gasteiger partial charge < -0.3 is 23.8 Å². The molecular weight excluding hydrogens is 550 g/mol. The molecule has 7 nitrogen and oxygen atoms in total. The molecule has 1 saturated carbocycles. The lowest BCUT2D eigenvalue weighted by molar-refractivity contribution is -0.133. The van der Waals surface area contributed by atoms with Gasteiger partial charge in [0.1, 0.15) is 0 Å². The number of aryl methyl sites for hydroxylation is 2. The average molecular weight is 614 g/mol. The second-order valence-electron chi connectivity index (χ2n) is 12.8. The molecule has 1 aliphatic carbocycles. The van der Waals surface area contributed by atoms with Gasteiger partial charge in [-0.1, -0.05) is 37.5 Å². The van der Waals surface area contributed by atoms with Crippen molar-refractivity contribution in [3.8, 4) is 0 Å². The Labute approximate surface area is 269 Å². The number of hydrogen-bond donors (Lipinski definition) is 0. The summed E-state index contributed by atoms with van der Waals surface area (Å²) in [6.07, 6.45) is 11.7. The summed E-state index contributed by atoms with van der Waals surface area (Å²) >= 11 is 0. The van der Waals surface area contributed by atoms with E-state index in [1.807, 2.05) is 70.0 Å². The van der Waals surface area contributed by atoms with Crippen molar-refractivity contribution in [2.24, 2.45) is 0 Å². The Balaban J connectivity index is 0.000000342. The molecule has 0 unspecified atom stereocenters. The number of para-hydroxylation sites is 1. The van der Waals surface area contributed by atoms with E-state index in [1.54, 1.807) is 11.9 Å². The van der Waals surface area contributed by atoms with Crippen LogP contribution in [-0.2, 0) is 19.1 Å². The van der Waals surface area contributed by atoms with Crippen LogP contribution in [0, 0.1) is 13.8 Å². The van der Waals surface area contributed by atoms with Gasteiger partial charge in [0, 0.05) is 69.8 Å². The molecule has 0 N–H and O–H groups in total. The number of benzene rings is 1. The van der Waals surface area contributed by atoms with Gasteiger partial charge >= 0.3 is 0 Å². The first kappa shape index (κ1) is 39.4. The van der Waals surface area contributed by atoms with Gasteiger partial charge in [-0.05, 0) is 105 Å². The standard InChI is InChI=1S/C14H27NO2.C14H21NO2.C9H15N/c2*1-12(2)17-11-7-10-14(16)15(3)13-8-5-4-6-9-13;1-7(2)10-6-8(3)5-9(10)4/h12-13H,4-11H2,1-3H3;4-6,8-9,12H,7,10-11H2,1-3H3;5-7H,1-4H3. The van der Waals surface area contributed by atoms with E-state index in [4.69, 9.17) is 9.47 Å². The minimum Gasteiger partial charge on any atom is -0.379 e. The van der Waals surface area contributed by atoms with Crippen molar-refractivity contribution in [3.05, 3.63) is 53.9 Å². The number of anilines is 1. The highest BCUT2D eigenvalue weighted by Crippen LogP contribution is 2.22. The molecule has 250 valence electrons. The van der Waals surface area contributed by atoms with Crippen LogP contribution in [0.2, 0.25) is 0 Å². The lowest BCUT2D eigenvalue weighted by Gasteiger charge is -2.31. The molecule has 2 amide bonds. The monoisotopic (exact) mass is 613 g/mol. The van der Waals surface area contributed by atoms with Crippen LogP contribution >= 0.6 is 0 Å². The number of nitrogens with zero attached hydrogens (tertiary/aromatic N) is 3. The van der Waals surface area contributed by atoms with Crippen molar-refractivity contribution in [1.82, 2.24) is 9.47 Å². The second kappa shape index (κ2) is 22.0. The highest BCUT2D eigenvalue weighted by Gasteiger charge is 2.21. The second-order valence-corrected chi connectivity index (χ2v) is 12.8. The highest BCUT2D eigenvalue weighted by atomic mass is 16.5. The lowest BCUT2D eigenvalue weighted by atomic mass is 9.94. The average Bonchev–Trinajstić information content (AvgIpc) is 3.35. The van der Waals surface area contributed by atoms with E-state index < -0.39 is 0 Å². The van der Waals surface area contributed by atoms with E-state index in [-0.39, 0.29) is 24.0 Å². The van der Waals surface area contributed by atoms with E-state index in [2.05, 4.69) is 44.5 Å². The first-order chi connectivity index (χ1) is 20.8. The SMILES string of the molecule is CC(C)OCCCC(=O)N(C)C1CCCCC1.CC(C)OCCCC(=O)N(C)c1ccccc1.Cc1cc(C)n(C(C)C)c1. The summed E-state index contributed by atoms with van der Waals surface area (Å²) in [7, 11) is 3.77. The first-order valence-corrected chi connectivity index (χ1v) is 16.8. The third-order valence-electron chi connectivity index (χ3n) is 7.75. The van der Waals surface area contributed by atoms with E-state index in [0.717, 1.165) is 18.5 Å². The van der Waals surface area contributed by atoms with Crippen molar-refractivity contribution >= 4 is 17.5 Å². The summed E-state index contributed by atoms with van der Waals surface area (Å²) in [5.41, 5.74) is 3.64. The molecule has 1 fully saturated rings. The van der Waals surface area contributed by atoms with Crippen molar-refractivity contribution in [2.75, 3.05) is 32.2 Å². The van der Waals surface area contributed by atoms with Crippen molar-refractivity contribution in [1.29, 1.82) is 0 Å². The summed E-state index contributed by atoms with van der Waals surface area (Å²) in [4.78, 5) is 27.5. The van der Waals surface area contributed by atoms with Gasteiger partial charge in [-0.3, -0.25) is 9.59 Å². The van der Waals surface area contributed by atoms with Crippen LogP contribution in [-0.4, -0.2) is 66.8 Å². The van der Waals surface area contributed by atoms with Gasteiger partial charge in [0.05, 0.1) is 12.2 Å². The van der Waals surface area contributed by atoms with Crippen molar-refractivity contribution in [3.63, 3.8) is 0 Å². The number of aromatic nitrogens is 1. The van der Waals surface area contributed by atoms with Crippen LogP contribution in [0.5, 0.6) is 0 Å². The molecule has 44 heavy (non-hydrogen) atoms. The fourth-order valence-corrected chi connectivity index (χ4v) is 5.22. The summed E-state index contributed by atoms with van der Waals surface area (Å²) < 4.78 is 13.1. The summed E-state index contributed by atoms with van der Waals surface area (Å²) in [5, 5.41) is 0. The predicted molar refractivity (Wildman–Crippen MR) is 184 cm³/mol. The zero-order chi connectivity index (χ0) is 33.1. The molecule has 1 aromatic carbocycles. The maximum Gasteiger partial charge on any atom is 0.226 e. The number of carbonyl (C=O) groups is 2. The number of hydrogen-bond acceptors (Lipinski definition) is 4. The van der Waals surface area contributed by atoms with Crippen LogP contribution in [0.3, 0.4) is 0 Å². The molecule has 3 rings (SSSR count). The molecule has 0 radical (unpaired) electrons. The summed E-state index contributed by atoms with van der Waals surface area (Å²) in [5.74, 6) is 0.410. The van der Waals surface area contributed by atoms with E-state index in [0.29, 0.717) is 38.1 Å². The zero-order valence-corrected chi connectivity index (χ0v) is 29.6. The Morgan fingerprint density at radius 1 is 0.818 bits per heavy atom.